The highest BCUT2D eigenvalue weighted by molar-refractivity contribution is 6.78. The molecule has 2 aromatic rings. The Hall–Kier alpha value is 0.530. The predicted molar refractivity (Wildman–Crippen MR) is 92.2 cm³/mol. The first-order valence-corrected chi connectivity index (χ1v) is 8.15. The minimum absolute atomic E-state index is 0.127. The summed E-state index contributed by atoms with van der Waals surface area (Å²) >= 11 is 41.9. The Morgan fingerprint density at radius 3 is 2.00 bits per heavy atom. The maximum absolute atomic E-state index is 11.7. The molecular weight excluding hydrogens is 420 g/mol. The Labute approximate surface area is 156 Å². The number of hydrogen-bond acceptors (Lipinski definition) is 0. The first kappa shape index (κ1) is 17.9. The quantitative estimate of drug-likeness (QED) is 0.454. The molecule has 0 heterocycles. The minimum atomic E-state index is -2.13. The predicted octanol–water partition coefficient (Wildman–Crippen LogP) is 7.16. The van der Waals surface area contributed by atoms with Gasteiger partial charge in [-0.1, -0.05) is 105 Å². The summed E-state index contributed by atoms with van der Waals surface area (Å²) in [7, 11) is 0. The Morgan fingerprint density at radius 1 is 0.810 bits per heavy atom. The van der Waals surface area contributed by atoms with Crippen molar-refractivity contribution in [3.8, 4) is 5.75 Å². The maximum atomic E-state index is 11.7. The fraction of sp³-hybridized carbons (Fsp3) is 0.231. The zero-order valence-corrected chi connectivity index (χ0v) is 15.3. The van der Waals surface area contributed by atoms with Crippen molar-refractivity contribution >= 4 is 92.0 Å². The van der Waals surface area contributed by atoms with E-state index in [0.717, 1.165) is 0 Å². The topological polar surface area (TPSA) is 19.9 Å². The molecule has 0 saturated heterocycles. The number of benzene rings is 2. The van der Waals surface area contributed by atoms with Crippen LogP contribution in [-0.4, -0.2) is 8.13 Å². The van der Waals surface area contributed by atoms with Gasteiger partial charge in [-0.25, -0.2) is 0 Å². The molecule has 113 valence electrons. The summed E-state index contributed by atoms with van der Waals surface area (Å²) in [6.07, 6.45) is 0. The Balaban J connectivity index is 2.60. The van der Waals surface area contributed by atoms with Gasteiger partial charge in [-0.2, -0.15) is 0 Å². The standard InChI is InChI=1S/C13H6Cl7O/c14-11(15,12(16,17)13(18,19)20)8-4-5-9-7(6-8)2-1-3-10(9)21/h1-6H. The number of alkyl halides is 7. The summed E-state index contributed by atoms with van der Waals surface area (Å²) in [6.45, 7) is 0. The average molecular weight is 426 g/mol. The summed E-state index contributed by atoms with van der Waals surface area (Å²) in [6, 6.07) is 9.44. The molecule has 0 spiro atoms. The Morgan fingerprint density at radius 2 is 1.43 bits per heavy atom. The zero-order chi connectivity index (χ0) is 16.1. The van der Waals surface area contributed by atoms with Gasteiger partial charge in [0.1, 0.15) is 0 Å². The van der Waals surface area contributed by atoms with Crippen molar-refractivity contribution in [3.63, 3.8) is 0 Å². The van der Waals surface area contributed by atoms with Crippen LogP contribution in [0, 0.1) is 0 Å². The first-order valence-electron chi connectivity index (χ1n) is 5.51. The van der Waals surface area contributed by atoms with Gasteiger partial charge in [0, 0.05) is 5.39 Å². The largest absolute Gasteiger partial charge is 0.289 e. The van der Waals surface area contributed by atoms with Crippen LogP contribution in [0.4, 0.5) is 0 Å². The molecule has 1 nitrogen and oxygen atoms in total. The molecule has 0 aliphatic heterocycles. The smallest absolute Gasteiger partial charge is 0.226 e. The van der Waals surface area contributed by atoms with Crippen molar-refractivity contribution in [2.24, 2.45) is 0 Å². The summed E-state index contributed by atoms with van der Waals surface area (Å²) in [5.74, 6) is -0.127. The summed E-state index contributed by atoms with van der Waals surface area (Å²) in [5, 5.41) is 12.8. The van der Waals surface area contributed by atoms with Crippen molar-refractivity contribution in [3.05, 3.63) is 42.0 Å². The lowest BCUT2D eigenvalue weighted by molar-refractivity contribution is 0.360. The van der Waals surface area contributed by atoms with E-state index in [1.807, 2.05) is 0 Å². The summed E-state index contributed by atoms with van der Waals surface area (Å²) in [5.41, 5.74) is 0.306. The summed E-state index contributed by atoms with van der Waals surface area (Å²) < 4.78 is -6.15. The molecule has 0 aromatic heterocycles. The van der Waals surface area contributed by atoms with Crippen LogP contribution in [-0.2, 0) is 9.44 Å². The monoisotopic (exact) mass is 423 g/mol. The van der Waals surface area contributed by atoms with E-state index in [-0.39, 0.29) is 5.75 Å². The van der Waals surface area contributed by atoms with E-state index < -0.39 is 12.5 Å². The van der Waals surface area contributed by atoms with Gasteiger partial charge in [-0.05, 0) is 23.1 Å². The van der Waals surface area contributed by atoms with Crippen LogP contribution in [0.5, 0.6) is 5.75 Å². The van der Waals surface area contributed by atoms with E-state index in [1.165, 1.54) is 12.1 Å². The lowest BCUT2D eigenvalue weighted by Gasteiger charge is -2.37. The minimum Gasteiger partial charge on any atom is -0.289 e. The van der Waals surface area contributed by atoms with Gasteiger partial charge in [-0.3, -0.25) is 5.11 Å². The fourth-order valence-corrected chi connectivity index (χ4v) is 3.26. The highest BCUT2D eigenvalue weighted by Crippen LogP contribution is 2.60. The second kappa shape index (κ2) is 5.87. The van der Waals surface area contributed by atoms with Crippen LogP contribution >= 0.6 is 81.2 Å². The number of rotatable bonds is 2. The molecule has 0 unspecified atom stereocenters. The van der Waals surface area contributed by atoms with Gasteiger partial charge in [0.15, 0.2) is 10.1 Å². The molecule has 0 amide bonds. The van der Waals surface area contributed by atoms with Crippen LogP contribution in [0.25, 0.3) is 10.8 Å². The molecule has 0 aliphatic rings. The van der Waals surface area contributed by atoms with E-state index in [0.29, 0.717) is 16.3 Å². The van der Waals surface area contributed by atoms with Crippen molar-refractivity contribution in [1.29, 1.82) is 0 Å². The van der Waals surface area contributed by atoms with E-state index in [2.05, 4.69) is 0 Å². The fourth-order valence-electron chi connectivity index (χ4n) is 1.81. The van der Waals surface area contributed by atoms with Gasteiger partial charge in [0.25, 0.3) is 0 Å². The number of hydrogen-bond donors (Lipinski definition) is 0. The van der Waals surface area contributed by atoms with Crippen molar-refractivity contribution in [2.45, 2.75) is 12.5 Å². The van der Waals surface area contributed by atoms with Crippen molar-refractivity contribution in [1.82, 2.24) is 0 Å². The second-order valence-corrected chi connectivity index (χ2v) is 9.27. The van der Waals surface area contributed by atoms with Gasteiger partial charge < -0.3 is 0 Å². The Kier molecular flexibility index (Phi) is 5.00. The third-order valence-electron chi connectivity index (χ3n) is 2.95. The number of halogens is 7. The molecule has 8 heteroatoms. The van der Waals surface area contributed by atoms with Crippen LogP contribution < -0.4 is 0 Å². The molecular formula is C13H6Cl7O. The van der Waals surface area contributed by atoms with E-state index in [9.17, 15) is 5.11 Å². The lowest BCUT2D eigenvalue weighted by atomic mass is 10.0. The lowest BCUT2D eigenvalue weighted by Crippen LogP contribution is -2.45. The van der Waals surface area contributed by atoms with E-state index in [4.69, 9.17) is 81.2 Å². The molecule has 0 N–H and O–H groups in total. The molecule has 0 fully saturated rings. The first-order chi connectivity index (χ1) is 9.48. The molecule has 2 aromatic carbocycles. The van der Waals surface area contributed by atoms with Crippen molar-refractivity contribution < 1.29 is 5.11 Å². The van der Waals surface area contributed by atoms with Crippen LogP contribution in [0.2, 0.25) is 0 Å². The molecule has 21 heavy (non-hydrogen) atoms. The molecule has 0 saturated carbocycles. The highest BCUT2D eigenvalue weighted by atomic mass is 35.6. The SMILES string of the molecule is [O]c1cccc2cc(C(Cl)(Cl)C(Cl)(Cl)C(Cl)(Cl)Cl)ccc12. The van der Waals surface area contributed by atoms with Crippen LogP contribution in [0.3, 0.4) is 0 Å². The van der Waals surface area contributed by atoms with Crippen molar-refractivity contribution in [2.75, 3.05) is 0 Å². The molecule has 2 rings (SSSR count). The summed E-state index contributed by atoms with van der Waals surface area (Å²) in [4.78, 5) is 0. The highest BCUT2D eigenvalue weighted by Gasteiger charge is 2.60. The van der Waals surface area contributed by atoms with Gasteiger partial charge in [0.2, 0.25) is 8.13 Å². The third-order valence-corrected chi connectivity index (χ3v) is 6.91. The number of fused-ring (bicyclic) bond motifs is 1. The van der Waals surface area contributed by atoms with E-state index in [1.54, 1.807) is 24.3 Å². The van der Waals surface area contributed by atoms with Gasteiger partial charge in [-0.15, -0.1) is 0 Å². The maximum Gasteiger partial charge on any atom is 0.226 e. The van der Waals surface area contributed by atoms with E-state index >= 15 is 0 Å². The molecule has 1 radical (unpaired) electrons. The third kappa shape index (κ3) is 3.12. The Bertz CT molecular complexity index is 676. The van der Waals surface area contributed by atoms with Gasteiger partial charge in [0.05, 0.1) is 0 Å². The molecule has 0 aliphatic carbocycles. The zero-order valence-electron chi connectivity index (χ0n) is 10.0. The van der Waals surface area contributed by atoms with Crippen LogP contribution in [0.15, 0.2) is 36.4 Å². The average Bonchev–Trinajstić information content (AvgIpc) is 2.37. The van der Waals surface area contributed by atoms with Crippen LogP contribution in [0.1, 0.15) is 5.56 Å². The van der Waals surface area contributed by atoms with Gasteiger partial charge >= 0.3 is 0 Å². The normalized spacial score (nSPS) is 13.7. The molecule has 0 bridgehead atoms. The second-order valence-electron chi connectivity index (χ2n) is 4.34. The molecule has 0 atom stereocenters.